The van der Waals surface area contributed by atoms with Crippen LogP contribution in [0.4, 0.5) is 0 Å². The molecule has 0 bridgehead atoms. The summed E-state index contributed by atoms with van der Waals surface area (Å²) in [5.41, 5.74) is -0.174. The SMILES string of the molecule is CC12CCC(=O)OC1CCCC2O. The van der Waals surface area contributed by atoms with Crippen molar-refractivity contribution < 1.29 is 14.6 Å². The van der Waals surface area contributed by atoms with E-state index in [1.54, 1.807) is 0 Å². The number of aliphatic hydroxyl groups is 1. The monoisotopic (exact) mass is 184 g/mol. The van der Waals surface area contributed by atoms with Crippen LogP contribution < -0.4 is 0 Å². The van der Waals surface area contributed by atoms with Crippen LogP contribution in [0.1, 0.15) is 39.0 Å². The van der Waals surface area contributed by atoms with Crippen molar-refractivity contribution in [2.75, 3.05) is 0 Å². The van der Waals surface area contributed by atoms with Gasteiger partial charge in [0.05, 0.1) is 6.10 Å². The molecule has 3 atom stereocenters. The Morgan fingerprint density at radius 2 is 2.31 bits per heavy atom. The van der Waals surface area contributed by atoms with E-state index in [1.807, 2.05) is 6.92 Å². The first kappa shape index (κ1) is 9.00. The summed E-state index contributed by atoms with van der Waals surface area (Å²) in [6.07, 6.45) is 3.64. The number of fused-ring (bicyclic) bond motifs is 1. The van der Waals surface area contributed by atoms with Crippen LogP contribution in [0.5, 0.6) is 0 Å². The van der Waals surface area contributed by atoms with Crippen LogP contribution in [-0.4, -0.2) is 23.3 Å². The smallest absolute Gasteiger partial charge is 0.306 e. The second kappa shape index (κ2) is 2.98. The number of hydrogen-bond acceptors (Lipinski definition) is 3. The molecular formula is C10H16O3. The van der Waals surface area contributed by atoms with Gasteiger partial charge in [0, 0.05) is 11.8 Å². The third kappa shape index (κ3) is 1.35. The number of carbonyl (C=O) groups excluding carboxylic acids is 1. The lowest BCUT2D eigenvalue weighted by Gasteiger charge is -2.46. The maximum Gasteiger partial charge on any atom is 0.306 e. The highest BCUT2D eigenvalue weighted by atomic mass is 16.5. The van der Waals surface area contributed by atoms with Crippen LogP contribution >= 0.6 is 0 Å². The van der Waals surface area contributed by atoms with Gasteiger partial charge >= 0.3 is 5.97 Å². The molecule has 1 aliphatic carbocycles. The molecule has 1 saturated carbocycles. The van der Waals surface area contributed by atoms with E-state index in [0.29, 0.717) is 6.42 Å². The molecule has 0 radical (unpaired) electrons. The molecule has 1 saturated heterocycles. The van der Waals surface area contributed by atoms with Crippen molar-refractivity contribution in [1.82, 2.24) is 0 Å². The first-order valence-electron chi connectivity index (χ1n) is 5.00. The maximum atomic E-state index is 11.1. The predicted octanol–water partition coefficient (Wildman–Crippen LogP) is 1.24. The zero-order chi connectivity index (χ0) is 9.47. The maximum absolute atomic E-state index is 11.1. The highest BCUT2D eigenvalue weighted by Crippen LogP contribution is 2.44. The van der Waals surface area contributed by atoms with E-state index in [4.69, 9.17) is 4.74 Å². The molecule has 3 unspecified atom stereocenters. The Bertz CT molecular complexity index is 226. The molecule has 1 heterocycles. The van der Waals surface area contributed by atoms with Crippen molar-refractivity contribution in [1.29, 1.82) is 0 Å². The molecule has 13 heavy (non-hydrogen) atoms. The number of hydrogen-bond donors (Lipinski definition) is 1. The zero-order valence-electron chi connectivity index (χ0n) is 7.95. The minimum atomic E-state index is -0.292. The summed E-state index contributed by atoms with van der Waals surface area (Å²) < 4.78 is 5.26. The zero-order valence-corrected chi connectivity index (χ0v) is 7.95. The van der Waals surface area contributed by atoms with E-state index in [0.717, 1.165) is 25.7 Å². The van der Waals surface area contributed by atoms with Crippen LogP contribution in [0.15, 0.2) is 0 Å². The molecule has 3 nitrogen and oxygen atoms in total. The molecule has 0 spiro atoms. The molecule has 0 aromatic rings. The fourth-order valence-electron chi connectivity index (χ4n) is 2.48. The average Bonchev–Trinajstić information content (AvgIpc) is 2.09. The lowest BCUT2D eigenvalue weighted by molar-refractivity contribution is -0.183. The highest BCUT2D eigenvalue weighted by Gasteiger charge is 2.48. The minimum absolute atomic E-state index is 0.0440. The van der Waals surface area contributed by atoms with Gasteiger partial charge in [0.25, 0.3) is 0 Å². The summed E-state index contributed by atoms with van der Waals surface area (Å²) in [6.45, 7) is 2.04. The van der Waals surface area contributed by atoms with Gasteiger partial charge in [-0.05, 0) is 25.7 Å². The highest BCUT2D eigenvalue weighted by molar-refractivity contribution is 5.70. The fraction of sp³-hybridized carbons (Fsp3) is 0.900. The Balaban J connectivity index is 2.17. The van der Waals surface area contributed by atoms with E-state index in [-0.39, 0.29) is 23.6 Å². The minimum Gasteiger partial charge on any atom is -0.462 e. The molecule has 1 N–H and O–H groups in total. The van der Waals surface area contributed by atoms with Crippen molar-refractivity contribution in [3.63, 3.8) is 0 Å². The molecule has 2 rings (SSSR count). The Morgan fingerprint density at radius 3 is 3.08 bits per heavy atom. The first-order chi connectivity index (χ1) is 6.13. The molecular weight excluding hydrogens is 168 g/mol. The number of ether oxygens (including phenoxy) is 1. The molecule has 2 fully saturated rings. The van der Waals surface area contributed by atoms with Crippen molar-refractivity contribution in [3.05, 3.63) is 0 Å². The second-order valence-corrected chi connectivity index (χ2v) is 4.43. The van der Waals surface area contributed by atoms with E-state index in [2.05, 4.69) is 0 Å². The predicted molar refractivity (Wildman–Crippen MR) is 47.1 cm³/mol. The van der Waals surface area contributed by atoms with E-state index < -0.39 is 0 Å². The van der Waals surface area contributed by atoms with Gasteiger partial charge in [-0.2, -0.15) is 0 Å². The van der Waals surface area contributed by atoms with Gasteiger partial charge in [0.2, 0.25) is 0 Å². The van der Waals surface area contributed by atoms with Crippen LogP contribution in [0.25, 0.3) is 0 Å². The van der Waals surface area contributed by atoms with Crippen LogP contribution in [0.2, 0.25) is 0 Å². The fourth-order valence-corrected chi connectivity index (χ4v) is 2.48. The molecule has 0 aromatic carbocycles. The van der Waals surface area contributed by atoms with E-state index in [1.165, 1.54) is 0 Å². The molecule has 2 aliphatic rings. The normalized spacial score (nSPS) is 45.2. The van der Waals surface area contributed by atoms with E-state index in [9.17, 15) is 9.90 Å². The van der Waals surface area contributed by atoms with Crippen molar-refractivity contribution >= 4 is 5.97 Å². The standard InChI is InChI=1S/C10H16O3/c1-10-6-5-9(12)13-8(10)4-2-3-7(10)11/h7-8,11H,2-6H2,1H3. The number of carbonyl (C=O) groups is 1. The Kier molecular flexibility index (Phi) is 2.06. The Labute approximate surface area is 78.1 Å². The van der Waals surface area contributed by atoms with Crippen LogP contribution in [-0.2, 0) is 9.53 Å². The van der Waals surface area contributed by atoms with Gasteiger partial charge in [-0.15, -0.1) is 0 Å². The molecule has 3 heteroatoms. The van der Waals surface area contributed by atoms with Crippen LogP contribution in [0, 0.1) is 5.41 Å². The summed E-state index contributed by atoms with van der Waals surface area (Å²) in [7, 11) is 0. The molecule has 0 amide bonds. The molecule has 74 valence electrons. The van der Waals surface area contributed by atoms with Gasteiger partial charge in [-0.3, -0.25) is 4.79 Å². The first-order valence-corrected chi connectivity index (χ1v) is 5.00. The average molecular weight is 184 g/mol. The van der Waals surface area contributed by atoms with Crippen LogP contribution in [0.3, 0.4) is 0 Å². The summed E-state index contributed by atoms with van der Waals surface area (Å²) in [5, 5.41) is 9.86. The lowest BCUT2D eigenvalue weighted by atomic mass is 9.67. The summed E-state index contributed by atoms with van der Waals surface area (Å²) in [5.74, 6) is -0.100. The van der Waals surface area contributed by atoms with Crippen molar-refractivity contribution in [2.45, 2.75) is 51.2 Å². The third-order valence-electron chi connectivity index (χ3n) is 3.58. The summed E-state index contributed by atoms with van der Waals surface area (Å²) in [4.78, 5) is 11.1. The largest absolute Gasteiger partial charge is 0.462 e. The van der Waals surface area contributed by atoms with E-state index >= 15 is 0 Å². The number of aliphatic hydroxyl groups excluding tert-OH is 1. The van der Waals surface area contributed by atoms with Gasteiger partial charge in [-0.1, -0.05) is 6.92 Å². The van der Waals surface area contributed by atoms with Gasteiger partial charge in [0.1, 0.15) is 6.10 Å². The Morgan fingerprint density at radius 1 is 1.54 bits per heavy atom. The molecule has 0 aromatic heterocycles. The number of rotatable bonds is 0. The number of esters is 1. The quantitative estimate of drug-likeness (QED) is 0.576. The summed E-state index contributed by atoms with van der Waals surface area (Å²) in [6, 6.07) is 0. The third-order valence-corrected chi connectivity index (χ3v) is 3.58. The van der Waals surface area contributed by atoms with Crippen molar-refractivity contribution in [2.24, 2.45) is 5.41 Å². The van der Waals surface area contributed by atoms with Gasteiger partial charge < -0.3 is 9.84 Å². The van der Waals surface area contributed by atoms with Gasteiger partial charge in [-0.25, -0.2) is 0 Å². The van der Waals surface area contributed by atoms with Crippen molar-refractivity contribution in [3.8, 4) is 0 Å². The topological polar surface area (TPSA) is 46.5 Å². The summed E-state index contributed by atoms with van der Waals surface area (Å²) >= 11 is 0. The Hall–Kier alpha value is -0.570. The second-order valence-electron chi connectivity index (χ2n) is 4.43. The lowest BCUT2D eigenvalue weighted by Crippen LogP contribution is -2.51. The molecule has 1 aliphatic heterocycles. The van der Waals surface area contributed by atoms with Gasteiger partial charge in [0.15, 0.2) is 0 Å².